The topological polar surface area (TPSA) is 32.3 Å². The summed E-state index contributed by atoms with van der Waals surface area (Å²) in [4.78, 5) is 14.2. The Kier molecular flexibility index (Phi) is 5.21. The van der Waals surface area contributed by atoms with Gasteiger partial charge >= 0.3 is 0 Å². The van der Waals surface area contributed by atoms with E-state index >= 15 is 0 Å². The Labute approximate surface area is 133 Å². The van der Waals surface area contributed by atoms with Gasteiger partial charge in [-0.25, -0.2) is 0 Å². The van der Waals surface area contributed by atoms with Crippen LogP contribution >= 0.6 is 0 Å². The van der Waals surface area contributed by atoms with Crippen molar-refractivity contribution in [2.24, 2.45) is 0 Å². The fourth-order valence-electron chi connectivity index (χ4n) is 2.60. The van der Waals surface area contributed by atoms with Gasteiger partial charge in [0, 0.05) is 12.7 Å². The zero-order chi connectivity index (χ0) is 16.1. The second-order valence-corrected chi connectivity index (χ2v) is 5.77. The maximum Gasteiger partial charge on any atom is 0.239 e. The lowest BCUT2D eigenvalue weighted by molar-refractivity contribution is -0.120. The van der Waals surface area contributed by atoms with Gasteiger partial charge in [0.2, 0.25) is 5.91 Å². The molecule has 1 N–H and O–H groups in total. The van der Waals surface area contributed by atoms with E-state index in [0.717, 1.165) is 5.69 Å². The first-order valence-electron chi connectivity index (χ1n) is 7.60. The first kappa shape index (κ1) is 16.1. The summed E-state index contributed by atoms with van der Waals surface area (Å²) in [5.74, 6) is 0.0276. The smallest absolute Gasteiger partial charge is 0.239 e. The predicted molar refractivity (Wildman–Crippen MR) is 92.2 cm³/mol. The molecule has 2 aromatic rings. The predicted octanol–water partition coefficient (Wildman–Crippen LogP) is 3.62. The van der Waals surface area contributed by atoms with Crippen molar-refractivity contribution in [2.45, 2.75) is 26.8 Å². The van der Waals surface area contributed by atoms with Crippen LogP contribution in [-0.2, 0) is 4.79 Å². The van der Waals surface area contributed by atoms with Gasteiger partial charge in [0.15, 0.2) is 0 Å². The van der Waals surface area contributed by atoms with E-state index in [-0.39, 0.29) is 11.9 Å². The normalized spacial score (nSPS) is 11.8. The molecular weight excluding hydrogens is 272 g/mol. The molecule has 0 aliphatic heterocycles. The molecule has 116 valence electrons. The number of nitrogens with zero attached hydrogens (tertiary/aromatic N) is 1. The number of amides is 1. The Bertz CT molecular complexity index is 637. The highest BCUT2D eigenvalue weighted by molar-refractivity contribution is 5.81. The number of aryl methyl sites for hydroxylation is 1. The van der Waals surface area contributed by atoms with E-state index in [9.17, 15) is 4.79 Å². The molecular formula is C19H24N2O. The molecule has 0 aliphatic rings. The maximum atomic E-state index is 12.3. The van der Waals surface area contributed by atoms with Crippen molar-refractivity contribution < 1.29 is 4.79 Å². The Morgan fingerprint density at radius 1 is 1.09 bits per heavy atom. The molecule has 1 amide bonds. The number of anilines is 1. The number of carbonyl (C=O) groups is 1. The summed E-state index contributed by atoms with van der Waals surface area (Å²) < 4.78 is 0. The molecule has 0 saturated carbocycles. The summed E-state index contributed by atoms with van der Waals surface area (Å²) in [5.41, 5.74) is 4.71. The van der Waals surface area contributed by atoms with Crippen LogP contribution in [0.4, 0.5) is 5.69 Å². The van der Waals surface area contributed by atoms with E-state index in [0.29, 0.717) is 6.54 Å². The van der Waals surface area contributed by atoms with Gasteiger partial charge in [-0.1, -0.05) is 36.4 Å². The monoisotopic (exact) mass is 296 g/mol. The Morgan fingerprint density at radius 3 is 2.45 bits per heavy atom. The third kappa shape index (κ3) is 3.88. The molecule has 0 aromatic heterocycles. The lowest BCUT2D eigenvalue weighted by Gasteiger charge is -2.22. The molecule has 22 heavy (non-hydrogen) atoms. The average Bonchev–Trinajstić information content (AvgIpc) is 2.50. The van der Waals surface area contributed by atoms with Crippen LogP contribution in [0.2, 0.25) is 0 Å². The number of hydrogen-bond donors (Lipinski definition) is 1. The van der Waals surface area contributed by atoms with Crippen molar-refractivity contribution in [3.05, 3.63) is 65.2 Å². The highest BCUT2D eigenvalue weighted by atomic mass is 16.2. The third-order valence-corrected chi connectivity index (χ3v) is 4.07. The van der Waals surface area contributed by atoms with Crippen molar-refractivity contribution in [3.63, 3.8) is 0 Å². The number of benzene rings is 2. The van der Waals surface area contributed by atoms with Crippen LogP contribution in [-0.4, -0.2) is 19.5 Å². The number of likely N-dealkylation sites (N-methyl/N-ethyl adjacent to an activating group) is 1. The summed E-state index contributed by atoms with van der Waals surface area (Å²) in [6.45, 7) is 6.57. The summed E-state index contributed by atoms with van der Waals surface area (Å²) in [6, 6.07) is 16.1. The van der Waals surface area contributed by atoms with Crippen molar-refractivity contribution in [2.75, 3.05) is 18.5 Å². The van der Waals surface area contributed by atoms with Gasteiger partial charge in [-0.15, -0.1) is 0 Å². The quantitative estimate of drug-likeness (QED) is 0.914. The van der Waals surface area contributed by atoms with Crippen LogP contribution in [0.1, 0.15) is 29.7 Å². The van der Waals surface area contributed by atoms with Crippen LogP contribution in [0.3, 0.4) is 0 Å². The highest BCUT2D eigenvalue weighted by Gasteiger charge is 2.14. The van der Waals surface area contributed by atoms with E-state index in [1.54, 1.807) is 0 Å². The largest absolute Gasteiger partial charge is 0.365 e. The molecule has 1 atom stereocenters. The fourth-order valence-corrected chi connectivity index (χ4v) is 2.60. The Morgan fingerprint density at radius 2 is 1.77 bits per heavy atom. The zero-order valence-electron chi connectivity index (χ0n) is 13.8. The van der Waals surface area contributed by atoms with Gasteiger partial charge in [-0.05, 0) is 49.6 Å². The molecule has 1 unspecified atom stereocenters. The summed E-state index contributed by atoms with van der Waals surface area (Å²) in [6.07, 6.45) is 0. The molecule has 0 aliphatic carbocycles. The second-order valence-electron chi connectivity index (χ2n) is 5.77. The number of nitrogens with one attached hydrogen (secondary N) is 1. The zero-order valence-corrected chi connectivity index (χ0v) is 13.8. The molecule has 3 nitrogen and oxygen atoms in total. The second kappa shape index (κ2) is 7.12. The number of carbonyl (C=O) groups excluding carboxylic acids is 1. The lowest BCUT2D eigenvalue weighted by atomic mass is 9.98. The van der Waals surface area contributed by atoms with Crippen molar-refractivity contribution >= 4 is 11.6 Å². The minimum atomic E-state index is 0.0107. The lowest BCUT2D eigenvalue weighted by Crippen LogP contribution is -2.36. The van der Waals surface area contributed by atoms with Crippen LogP contribution in [0.25, 0.3) is 0 Å². The van der Waals surface area contributed by atoms with E-state index in [1.165, 1.54) is 16.7 Å². The third-order valence-electron chi connectivity index (χ3n) is 4.07. The summed E-state index contributed by atoms with van der Waals surface area (Å²) in [5, 5.41) is 3.08. The van der Waals surface area contributed by atoms with E-state index in [1.807, 2.05) is 55.3 Å². The molecule has 0 radical (unpaired) electrons. The molecule has 0 heterocycles. The van der Waals surface area contributed by atoms with Crippen LogP contribution in [0.5, 0.6) is 0 Å². The molecule has 0 bridgehead atoms. The fraction of sp³-hybridized carbons (Fsp3) is 0.316. The van der Waals surface area contributed by atoms with Crippen LogP contribution < -0.4 is 10.2 Å². The average molecular weight is 296 g/mol. The maximum absolute atomic E-state index is 12.3. The van der Waals surface area contributed by atoms with Crippen molar-refractivity contribution in [1.82, 2.24) is 5.32 Å². The molecule has 2 aromatic carbocycles. The Balaban J connectivity index is 1.98. The minimum Gasteiger partial charge on any atom is -0.365 e. The first-order chi connectivity index (χ1) is 10.5. The van der Waals surface area contributed by atoms with Crippen molar-refractivity contribution in [1.29, 1.82) is 0 Å². The van der Waals surface area contributed by atoms with Gasteiger partial charge in [0.05, 0.1) is 12.6 Å². The van der Waals surface area contributed by atoms with Crippen molar-refractivity contribution in [3.8, 4) is 0 Å². The molecule has 2 rings (SSSR count). The van der Waals surface area contributed by atoms with E-state index in [2.05, 4.69) is 31.3 Å². The standard InChI is InChI=1S/C19H24N2O/c1-14-9-8-12-18(15(14)2)16(3)20-19(22)13-21(4)17-10-6-5-7-11-17/h5-12,16H,13H2,1-4H3,(H,20,22). The van der Waals surface area contributed by atoms with Gasteiger partial charge in [0.1, 0.15) is 0 Å². The molecule has 0 saturated heterocycles. The van der Waals surface area contributed by atoms with E-state index < -0.39 is 0 Å². The van der Waals surface area contributed by atoms with E-state index in [4.69, 9.17) is 0 Å². The summed E-state index contributed by atoms with van der Waals surface area (Å²) in [7, 11) is 1.93. The molecule has 3 heteroatoms. The van der Waals surface area contributed by atoms with Gasteiger partial charge in [0.25, 0.3) is 0 Å². The first-order valence-corrected chi connectivity index (χ1v) is 7.60. The molecule has 0 fully saturated rings. The number of para-hydroxylation sites is 1. The van der Waals surface area contributed by atoms with Gasteiger partial charge in [-0.3, -0.25) is 4.79 Å². The van der Waals surface area contributed by atoms with Gasteiger partial charge in [-0.2, -0.15) is 0 Å². The van der Waals surface area contributed by atoms with Crippen LogP contribution in [0, 0.1) is 13.8 Å². The number of hydrogen-bond acceptors (Lipinski definition) is 2. The highest BCUT2D eigenvalue weighted by Crippen LogP contribution is 2.20. The minimum absolute atomic E-state index is 0.0107. The molecule has 0 spiro atoms. The number of rotatable bonds is 5. The Hall–Kier alpha value is -2.29. The summed E-state index contributed by atoms with van der Waals surface area (Å²) >= 11 is 0. The SMILES string of the molecule is Cc1cccc(C(C)NC(=O)CN(C)c2ccccc2)c1C. The van der Waals surface area contributed by atoms with Crippen LogP contribution in [0.15, 0.2) is 48.5 Å². The van der Waals surface area contributed by atoms with Gasteiger partial charge < -0.3 is 10.2 Å².